The van der Waals surface area contributed by atoms with Crippen LogP contribution in [0.4, 0.5) is 0 Å². The van der Waals surface area contributed by atoms with Gasteiger partial charge in [-0.15, -0.1) is 35.1 Å². The quantitative estimate of drug-likeness (QED) is 0.647. The van der Waals surface area contributed by atoms with E-state index >= 15 is 0 Å². The van der Waals surface area contributed by atoms with Crippen molar-refractivity contribution in [3.8, 4) is 0 Å². The molecule has 2 aliphatic rings. The van der Waals surface area contributed by atoms with Crippen molar-refractivity contribution in [3.05, 3.63) is 35.2 Å². The van der Waals surface area contributed by atoms with Crippen LogP contribution in [-0.2, 0) is 0 Å². The van der Waals surface area contributed by atoms with Crippen LogP contribution in [0.3, 0.4) is 0 Å². The molecule has 2 aromatic heterocycles. The number of carbonyl (C=O) groups excluding carboxylic acids is 1. The molecule has 6 heteroatoms. The molecule has 0 radical (unpaired) electrons. The summed E-state index contributed by atoms with van der Waals surface area (Å²) in [6.45, 7) is 4.09. The van der Waals surface area contributed by atoms with Crippen LogP contribution in [0.1, 0.15) is 28.9 Å². The summed E-state index contributed by atoms with van der Waals surface area (Å²) in [6, 6.07) is 10.6. The lowest BCUT2D eigenvalue weighted by molar-refractivity contribution is 0.0612. The molecule has 132 valence electrons. The number of amides is 1. The number of carbonyl (C=O) groups is 1. The number of fused-ring (bicyclic) bond motifs is 3. The number of thiophene rings is 2. The van der Waals surface area contributed by atoms with Gasteiger partial charge in [0, 0.05) is 34.4 Å². The molecule has 1 N–H and O–H groups in total. The molecule has 2 fully saturated rings. The van der Waals surface area contributed by atoms with Crippen molar-refractivity contribution in [2.45, 2.75) is 19.3 Å². The van der Waals surface area contributed by atoms with Gasteiger partial charge < -0.3 is 10.2 Å². The van der Waals surface area contributed by atoms with Crippen molar-refractivity contribution in [2.24, 2.45) is 5.41 Å². The largest absolute Gasteiger partial charge is 0.338 e. The topological polar surface area (TPSA) is 32.3 Å². The molecule has 0 unspecified atom stereocenters. The second-order valence-electron chi connectivity index (χ2n) is 7.12. The fourth-order valence-corrected chi connectivity index (χ4v) is 6.66. The first-order valence-corrected chi connectivity index (χ1v) is 10.3. The number of nitrogens with zero attached hydrogens (tertiary/aromatic N) is 1. The van der Waals surface area contributed by atoms with Gasteiger partial charge in [0.05, 0.1) is 9.58 Å². The fraction of sp³-hybridized carbons (Fsp3) is 0.421. The molecule has 0 bridgehead atoms. The number of likely N-dealkylation sites (tertiary alicyclic amines) is 1. The SMILES string of the molecule is Cl.O=C(c1cc2sc3ccccc3c2s1)N1CCC2(CCNC2)CC1. The number of halogens is 1. The average molecular weight is 393 g/mol. The molecule has 0 atom stereocenters. The average Bonchev–Trinajstić information content (AvgIpc) is 3.30. The van der Waals surface area contributed by atoms with E-state index in [4.69, 9.17) is 0 Å². The molecule has 2 aliphatic heterocycles. The summed E-state index contributed by atoms with van der Waals surface area (Å²) in [4.78, 5) is 15.9. The van der Waals surface area contributed by atoms with Crippen LogP contribution in [0.25, 0.3) is 19.5 Å². The smallest absolute Gasteiger partial charge is 0.263 e. The van der Waals surface area contributed by atoms with E-state index in [0.29, 0.717) is 5.41 Å². The molecule has 1 aromatic carbocycles. The van der Waals surface area contributed by atoms with Gasteiger partial charge in [0.1, 0.15) is 0 Å². The molecule has 3 nitrogen and oxygen atoms in total. The van der Waals surface area contributed by atoms with Gasteiger partial charge in [0.15, 0.2) is 0 Å². The minimum atomic E-state index is 0. The first-order chi connectivity index (χ1) is 11.7. The van der Waals surface area contributed by atoms with Crippen LogP contribution < -0.4 is 5.32 Å². The number of piperidine rings is 1. The number of rotatable bonds is 1. The first-order valence-electron chi connectivity index (χ1n) is 8.65. The summed E-state index contributed by atoms with van der Waals surface area (Å²) in [7, 11) is 0. The Hall–Kier alpha value is -1.14. The first kappa shape index (κ1) is 17.3. The van der Waals surface area contributed by atoms with Crippen molar-refractivity contribution < 1.29 is 4.79 Å². The summed E-state index contributed by atoms with van der Waals surface area (Å²) in [6.07, 6.45) is 3.57. The minimum Gasteiger partial charge on any atom is -0.338 e. The van der Waals surface area contributed by atoms with Gasteiger partial charge in [-0.1, -0.05) is 18.2 Å². The molecular formula is C19H21ClN2OS2. The van der Waals surface area contributed by atoms with E-state index in [1.807, 2.05) is 0 Å². The zero-order valence-corrected chi connectivity index (χ0v) is 16.4. The van der Waals surface area contributed by atoms with Crippen LogP contribution in [0.15, 0.2) is 30.3 Å². The lowest BCUT2D eigenvalue weighted by atomic mass is 9.78. The second kappa shape index (κ2) is 6.54. The highest BCUT2D eigenvalue weighted by Crippen LogP contribution is 2.41. The highest BCUT2D eigenvalue weighted by molar-refractivity contribution is 7.33. The molecular weight excluding hydrogens is 372 g/mol. The Morgan fingerprint density at radius 1 is 1.08 bits per heavy atom. The van der Waals surface area contributed by atoms with Crippen LogP contribution in [0.5, 0.6) is 0 Å². The Balaban J connectivity index is 0.00000157. The predicted octanol–water partition coefficient (Wildman–Crippen LogP) is 4.75. The second-order valence-corrected chi connectivity index (χ2v) is 9.26. The molecule has 5 rings (SSSR count). The number of nitrogens with one attached hydrogen (secondary N) is 1. The Labute approximate surface area is 161 Å². The van der Waals surface area contributed by atoms with E-state index in [9.17, 15) is 4.79 Å². The van der Waals surface area contributed by atoms with Crippen LogP contribution in [-0.4, -0.2) is 37.0 Å². The molecule has 25 heavy (non-hydrogen) atoms. The zero-order valence-electron chi connectivity index (χ0n) is 13.9. The maximum atomic E-state index is 12.9. The summed E-state index contributed by atoms with van der Waals surface area (Å²) in [5, 5.41) is 4.78. The van der Waals surface area contributed by atoms with Gasteiger partial charge in [-0.2, -0.15) is 0 Å². The molecule has 0 saturated carbocycles. The lowest BCUT2D eigenvalue weighted by Crippen LogP contribution is -2.43. The van der Waals surface area contributed by atoms with Crippen molar-refractivity contribution in [1.82, 2.24) is 10.2 Å². The Kier molecular flexibility index (Phi) is 4.52. The Bertz CT molecular complexity index is 916. The van der Waals surface area contributed by atoms with E-state index in [1.165, 1.54) is 25.9 Å². The van der Waals surface area contributed by atoms with E-state index in [2.05, 4.69) is 40.5 Å². The van der Waals surface area contributed by atoms with Crippen molar-refractivity contribution in [1.29, 1.82) is 0 Å². The van der Waals surface area contributed by atoms with Gasteiger partial charge in [0.2, 0.25) is 0 Å². The minimum absolute atomic E-state index is 0. The fourth-order valence-electron chi connectivity index (χ4n) is 4.17. The summed E-state index contributed by atoms with van der Waals surface area (Å²) in [5.74, 6) is 0.230. The third-order valence-electron chi connectivity index (χ3n) is 5.70. The van der Waals surface area contributed by atoms with E-state index in [1.54, 1.807) is 22.7 Å². The standard InChI is InChI=1S/C19H20N2OS2.ClH/c22-18(21-9-6-19(7-10-21)5-8-20-12-19)16-11-15-17(24-16)13-3-1-2-4-14(13)23-15;/h1-4,11,20H,5-10,12H2;1H. The predicted molar refractivity (Wildman–Crippen MR) is 110 cm³/mol. The van der Waals surface area contributed by atoms with Crippen LogP contribution >= 0.6 is 35.1 Å². The van der Waals surface area contributed by atoms with E-state index in [-0.39, 0.29) is 18.3 Å². The summed E-state index contributed by atoms with van der Waals surface area (Å²) < 4.78 is 3.83. The van der Waals surface area contributed by atoms with Gasteiger partial charge >= 0.3 is 0 Å². The number of hydrogen-bond donors (Lipinski definition) is 1. The van der Waals surface area contributed by atoms with E-state index < -0.39 is 0 Å². The van der Waals surface area contributed by atoms with Crippen molar-refractivity contribution >= 4 is 60.5 Å². The van der Waals surface area contributed by atoms with Crippen LogP contribution in [0.2, 0.25) is 0 Å². The third-order valence-corrected chi connectivity index (χ3v) is 8.11. The highest BCUT2D eigenvalue weighted by atomic mass is 35.5. The zero-order chi connectivity index (χ0) is 16.1. The molecule has 3 aromatic rings. The Morgan fingerprint density at radius 3 is 2.64 bits per heavy atom. The number of hydrogen-bond acceptors (Lipinski definition) is 4. The lowest BCUT2D eigenvalue weighted by Gasteiger charge is -2.38. The molecule has 1 spiro atoms. The number of benzene rings is 1. The maximum Gasteiger partial charge on any atom is 0.263 e. The molecule has 0 aliphatic carbocycles. The monoisotopic (exact) mass is 392 g/mol. The molecule has 4 heterocycles. The highest BCUT2D eigenvalue weighted by Gasteiger charge is 2.38. The van der Waals surface area contributed by atoms with Gasteiger partial charge in [-0.3, -0.25) is 4.79 Å². The summed E-state index contributed by atoms with van der Waals surface area (Å²) in [5.41, 5.74) is 0.461. The van der Waals surface area contributed by atoms with Crippen molar-refractivity contribution in [3.63, 3.8) is 0 Å². The molecule has 2 saturated heterocycles. The molecule has 1 amide bonds. The third kappa shape index (κ3) is 2.87. The summed E-state index contributed by atoms with van der Waals surface area (Å²) >= 11 is 3.46. The van der Waals surface area contributed by atoms with Gasteiger partial charge in [0.25, 0.3) is 5.91 Å². The van der Waals surface area contributed by atoms with Gasteiger partial charge in [-0.05, 0) is 43.4 Å². The van der Waals surface area contributed by atoms with Crippen LogP contribution in [0, 0.1) is 5.41 Å². The Morgan fingerprint density at radius 2 is 1.88 bits per heavy atom. The normalized spacial score (nSPS) is 19.6. The maximum absolute atomic E-state index is 12.9. The van der Waals surface area contributed by atoms with Crippen molar-refractivity contribution in [2.75, 3.05) is 26.2 Å². The van der Waals surface area contributed by atoms with E-state index in [0.717, 1.165) is 43.9 Å². The van der Waals surface area contributed by atoms with Gasteiger partial charge in [-0.25, -0.2) is 0 Å².